The minimum absolute atomic E-state index is 0.745. The normalized spacial score (nSPS) is 27.9. The van der Waals surface area contributed by atoms with E-state index in [9.17, 15) is 0 Å². The highest BCUT2D eigenvalue weighted by Gasteiger charge is 2.27. The van der Waals surface area contributed by atoms with E-state index in [-0.39, 0.29) is 0 Å². The van der Waals surface area contributed by atoms with Gasteiger partial charge in [0.05, 0.1) is 0 Å². The molecule has 0 bridgehead atoms. The summed E-state index contributed by atoms with van der Waals surface area (Å²) in [6.45, 7) is 13.9. The number of aryl methyl sites for hydroxylation is 1. The third-order valence-corrected chi connectivity index (χ3v) is 5.29. The van der Waals surface area contributed by atoms with Gasteiger partial charge in [-0.1, -0.05) is 19.1 Å². The average molecular weight is 287 g/mol. The summed E-state index contributed by atoms with van der Waals surface area (Å²) in [6.07, 6.45) is 1.36. The lowest BCUT2D eigenvalue weighted by molar-refractivity contribution is 0.138. The third-order valence-electron chi connectivity index (χ3n) is 5.29. The van der Waals surface area contributed by atoms with Crippen LogP contribution >= 0.6 is 0 Å². The molecule has 2 aliphatic rings. The largest absolute Gasteiger partial charge is 0.369 e. The smallest absolute Gasteiger partial charge is 0.0399 e. The SMILES string of the molecule is Cc1cccc(N2CCN(C3CNCC(C)C3)CC2)c1C. The summed E-state index contributed by atoms with van der Waals surface area (Å²) in [5.74, 6) is 0.820. The van der Waals surface area contributed by atoms with Crippen molar-refractivity contribution in [2.45, 2.75) is 33.2 Å². The first-order valence-electron chi connectivity index (χ1n) is 8.41. The summed E-state index contributed by atoms with van der Waals surface area (Å²) in [5.41, 5.74) is 4.28. The van der Waals surface area contributed by atoms with E-state index in [1.165, 1.54) is 49.4 Å². The van der Waals surface area contributed by atoms with Crippen molar-refractivity contribution in [1.29, 1.82) is 0 Å². The number of nitrogens with zero attached hydrogens (tertiary/aromatic N) is 2. The lowest BCUT2D eigenvalue weighted by Crippen LogP contribution is -2.55. The van der Waals surface area contributed by atoms with Gasteiger partial charge >= 0.3 is 0 Å². The molecule has 2 aliphatic heterocycles. The fourth-order valence-electron chi connectivity index (χ4n) is 3.81. The van der Waals surface area contributed by atoms with Crippen molar-refractivity contribution >= 4 is 5.69 Å². The number of benzene rings is 1. The highest BCUT2D eigenvalue weighted by molar-refractivity contribution is 5.56. The molecule has 2 heterocycles. The Hall–Kier alpha value is -1.06. The molecule has 0 amide bonds. The monoisotopic (exact) mass is 287 g/mol. The van der Waals surface area contributed by atoms with Crippen LogP contribution in [0.4, 0.5) is 5.69 Å². The Kier molecular flexibility index (Phi) is 4.51. The molecule has 3 rings (SSSR count). The van der Waals surface area contributed by atoms with Gasteiger partial charge in [-0.2, -0.15) is 0 Å². The fourth-order valence-corrected chi connectivity index (χ4v) is 3.81. The van der Waals surface area contributed by atoms with Crippen molar-refractivity contribution in [3.63, 3.8) is 0 Å². The number of rotatable bonds is 2. The number of hydrogen-bond donors (Lipinski definition) is 1. The predicted octanol–water partition coefficient (Wildman–Crippen LogP) is 2.42. The highest BCUT2D eigenvalue weighted by atomic mass is 15.3. The van der Waals surface area contributed by atoms with Crippen LogP contribution in [0.5, 0.6) is 0 Å². The second kappa shape index (κ2) is 6.37. The van der Waals surface area contributed by atoms with E-state index in [1.807, 2.05) is 0 Å². The Morgan fingerprint density at radius 1 is 1.05 bits per heavy atom. The zero-order chi connectivity index (χ0) is 14.8. The fraction of sp³-hybridized carbons (Fsp3) is 0.667. The van der Waals surface area contributed by atoms with E-state index in [1.54, 1.807) is 0 Å². The first kappa shape index (κ1) is 14.9. The van der Waals surface area contributed by atoms with E-state index >= 15 is 0 Å². The summed E-state index contributed by atoms with van der Waals surface area (Å²) >= 11 is 0. The average Bonchev–Trinajstić information content (AvgIpc) is 2.50. The standard InChI is InChI=1S/C18H29N3/c1-14-11-17(13-19-12-14)20-7-9-21(10-8-20)18-6-4-5-15(2)16(18)3/h4-6,14,17,19H,7-13H2,1-3H3. The molecule has 116 valence electrons. The van der Waals surface area contributed by atoms with Gasteiger partial charge in [0.25, 0.3) is 0 Å². The second-order valence-corrected chi connectivity index (χ2v) is 6.89. The Bertz CT molecular complexity index is 477. The number of nitrogens with one attached hydrogen (secondary N) is 1. The minimum Gasteiger partial charge on any atom is -0.369 e. The number of hydrogen-bond acceptors (Lipinski definition) is 3. The van der Waals surface area contributed by atoms with Crippen LogP contribution in [-0.2, 0) is 0 Å². The van der Waals surface area contributed by atoms with Crippen LogP contribution in [0.3, 0.4) is 0 Å². The van der Waals surface area contributed by atoms with Crippen molar-refractivity contribution in [3.05, 3.63) is 29.3 Å². The molecule has 1 N–H and O–H groups in total. The summed E-state index contributed by atoms with van der Waals surface area (Å²) < 4.78 is 0. The van der Waals surface area contributed by atoms with Crippen LogP contribution in [0.15, 0.2) is 18.2 Å². The zero-order valence-corrected chi connectivity index (χ0v) is 13.7. The minimum atomic E-state index is 0.745. The second-order valence-electron chi connectivity index (χ2n) is 6.89. The zero-order valence-electron chi connectivity index (χ0n) is 13.7. The Labute approximate surface area is 129 Å². The van der Waals surface area contributed by atoms with Crippen LogP contribution in [0.25, 0.3) is 0 Å². The molecule has 21 heavy (non-hydrogen) atoms. The Balaban J connectivity index is 1.61. The van der Waals surface area contributed by atoms with Gasteiger partial charge in [0.2, 0.25) is 0 Å². The van der Waals surface area contributed by atoms with Gasteiger partial charge in [-0.3, -0.25) is 4.90 Å². The molecule has 3 heteroatoms. The molecule has 1 aromatic rings. The van der Waals surface area contributed by atoms with Crippen molar-refractivity contribution in [3.8, 4) is 0 Å². The molecule has 3 nitrogen and oxygen atoms in total. The van der Waals surface area contributed by atoms with Crippen LogP contribution in [0, 0.1) is 19.8 Å². The van der Waals surface area contributed by atoms with Crippen LogP contribution in [-0.4, -0.2) is 50.2 Å². The predicted molar refractivity (Wildman–Crippen MR) is 90.1 cm³/mol. The van der Waals surface area contributed by atoms with Gasteiger partial charge < -0.3 is 10.2 Å². The molecule has 2 atom stereocenters. The maximum absolute atomic E-state index is 3.59. The van der Waals surface area contributed by atoms with E-state index in [4.69, 9.17) is 0 Å². The van der Waals surface area contributed by atoms with Gasteiger partial charge in [-0.25, -0.2) is 0 Å². The number of piperidine rings is 1. The number of piperazine rings is 1. The van der Waals surface area contributed by atoms with Gasteiger partial charge in [0.15, 0.2) is 0 Å². The molecular formula is C18H29N3. The summed E-state index contributed by atoms with van der Waals surface area (Å²) in [5, 5.41) is 3.59. The van der Waals surface area contributed by atoms with Crippen molar-refractivity contribution in [1.82, 2.24) is 10.2 Å². The molecule has 1 aromatic carbocycles. The lowest BCUT2D eigenvalue weighted by atomic mass is 9.96. The lowest BCUT2D eigenvalue weighted by Gasteiger charge is -2.43. The molecule has 2 saturated heterocycles. The van der Waals surface area contributed by atoms with Gasteiger partial charge in [-0.05, 0) is 49.9 Å². The molecule has 0 saturated carbocycles. The third kappa shape index (κ3) is 3.24. The maximum Gasteiger partial charge on any atom is 0.0399 e. The summed E-state index contributed by atoms with van der Waals surface area (Å²) in [4.78, 5) is 5.27. The van der Waals surface area contributed by atoms with E-state index in [0.717, 1.165) is 25.0 Å². The van der Waals surface area contributed by atoms with Crippen molar-refractivity contribution in [2.75, 3.05) is 44.2 Å². The van der Waals surface area contributed by atoms with Gasteiger partial charge in [-0.15, -0.1) is 0 Å². The Morgan fingerprint density at radius 3 is 2.52 bits per heavy atom. The quantitative estimate of drug-likeness (QED) is 0.901. The van der Waals surface area contributed by atoms with E-state index in [2.05, 4.69) is 54.1 Å². The molecule has 0 aliphatic carbocycles. The van der Waals surface area contributed by atoms with E-state index < -0.39 is 0 Å². The van der Waals surface area contributed by atoms with Crippen LogP contribution < -0.4 is 10.2 Å². The molecule has 0 spiro atoms. The summed E-state index contributed by atoms with van der Waals surface area (Å²) in [6, 6.07) is 7.43. The van der Waals surface area contributed by atoms with Gasteiger partial charge in [0.1, 0.15) is 0 Å². The molecule has 2 fully saturated rings. The highest BCUT2D eigenvalue weighted by Crippen LogP contribution is 2.25. The molecule has 2 unspecified atom stereocenters. The number of anilines is 1. The van der Waals surface area contributed by atoms with Crippen molar-refractivity contribution < 1.29 is 0 Å². The van der Waals surface area contributed by atoms with Crippen molar-refractivity contribution in [2.24, 2.45) is 5.92 Å². The maximum atomic E-state index is 3.59. The first-order chi connectivity index (χ1) is 10.1. The van der Waals surface area contributed by atoms with E-state index in [0.29, 0.717) is 0 Å². The summed E-state index contributed by atoms with van der Waals surface area (Å²) in [7, 11) is 0. The van der Waals surface area contributed by atoms with Gasteiger partial charge in [0, 0.05) is 44.5 Å². The molecule has 0 aromatic heterocycles. The van der Waals surface area contributed by atoms with Crippen LogP contribution in [0.1, 0.15) is 24.5 Å². The Morgan fingerprint density at radius 2 is 1.81 bits per heavy atom. The van der Waals surface area contributed by atoms with Crippen LogP contribution in [0.2, 0.25) is 0 Å². The molecular weight excluding hydrogens is 258 g/mol. The molecule has 0 radical (unpaired) electrons. The first-order valence-corrected chi connectivity index (χ1v) is 8.41. The topological polar surface area (TPSA) is 18.5 Å².